The molecule has 2 aliphatic heterocycles. The Morgan fingerprint density at radius 1 is 1.12 bits per heavy atom. The maximum absolute atomic E-state index is 12.9. The number of hydrogen-bond acceptors (Lipinski definition) is 3. The summed E-state index contributed by atoms with van der Waals surface area (Å²) >= 11 is 0. The fraction of sp³-hybridized carbons (Fsp3) is 1.00. The van der Waals surface area contributed by atoms with Gasteiger partial charge in [0.2, 0.25) is 0 Å². The van der Waals surface area contributed by atoms with E-state index < -0.39 is 6.17 Å². The number of ether oxygens (including phenoxy) is 1. The summed E-state index contributed by atoms with van der Waals surface area (Å²) in [5.41, 5.74) is 0. The molecule has 2 N–H and O–H groups in total. The molecule has 0 bridgehead atoms. The predicted octanol–water partition coefficient (Wildman–Crippen LogP) is 1.44. The molecule has 0 amide bonds. The second-order valence-corrected chi connectivity index (χ2v) is 5.16. The monoisotopic (exact) mass is 230 g/mol. The molecule has 2 rings (SSSR count). The van der Waals surface area contributed by atoms with E-state index in [-0.39, 0.29) is 6.23 Å². The van der Waals surface area contributed by atoms with Crippen molar-refractivity contribution < 1.29 is 9.13 Å². The molecule has 3 nitrogen and oxygen atoms in total. The van der Waals surface area contributed by atoms with Crippen LogP contribution in [0.25, 0.3) is 0 Å². The zero-order valence-electron chi connectivity index (χ0n) is 10.0. The third-order valence-electron chi connectivity index (χ3n) is 3.61. The van der Waals surface area contributed by atoms with Crippen LogP contribution in [0.4, 0.5) is 4.39 Å². The summed E-state index contributed by atoms with van der Waals surface area (Å²) in [7, 11) is 0. The molecule has 2 aliphatic rings. The molecule has 4 heteroatoms. The smallest absolute Gasteiger partial charge is 0.113 e. The van der Waals surface area contributed by atoms with Gasteiger partial charge in [-0.15, -0.1) is 0 Å². The standard InChI is InChI=1S/C12H23FN2O/c1-9-2-3-10(6-14-9)8-16-12-5-4-11(13)7-15-12/h9-12,14-15H,2-8H2,1H3/t9-,10-,11?,12?/m1/s1. The van der Waals surface area contributed by atoms with Crippen molar-refractivity contribution in [3.63, 3.8) is 0 Å². The molecule has 16 heavy (non-hydrogen) atoms. The van der Waals surface area contributed by atoms with Gasteiger partial charge >= 0.3 is 0 Å². The molecular formula is C12H23FN2O. The number of alkyl halides is 1. The summed E-state index contributed by atoms with van der Waals surface area (Å²) in [5.74, 6) is 0.626. The van der Waals surface area contributed by atoms with Crippen LogP contribution in [0.3, 0.4) is 0 Å². The summed E-state index contributed by atoms with van der Waals surface area (Å²) in [6.45, 7) is 4.53. The van der Waals surface area contributed by atoms with Crippen LogP contribution in [-0.2, 0) is 4.74 Å². The van der Waals surface area contributed by atoms with Crippen molar-refractivity contribution in [1.82, 2.24) is 10.6 Å². The van der Waals surface area contributed by atoms with Crippen molar-refractivity contribution in [1.29, 1.82) is 0 Å². The van der Waals surface area contributed by atoms with E-state index in [0.717, 1.165) is 19.6 Å². The van der Waals surface area contributed by atoms with Gasteiger partial charge in [-0.2, -0.15) is 0 Å². The lowest BCUT2D eigenvalue weighted by molar-refractivity contribution is -0.0224. The van der Waals surface area contributed by atoms with Gasteiger partial charge in [-0.3, -0.25) is 5.32 Å². The zero-order chi connectivity index (χ0) is 11.4. The van der Waals surface area contributed by atoms with Crippen LogP contribution < -0.4 is 10.6 Å². The van der Waals surface area contributed by atoms with Gasteiger partial charge in [0.15, 0.2) is 0 Å². The van der Waals surface area contributed by atoms with Crippen molar-refractivity contribution in [2.45, 2.75) is 51.0 Å². The zero-order valence-corrected chi connectivity index (χ0v) is 10.0. The first-order chi connectivity index (χ1) is 7.74. The van der Waals surface area contributed by atoms with E-state index in [9.17, 15) is 4.39 Å². The van der Waals surface area contributed by atoms with Gasteiger partial charge in [0.25, 0.3) is 0 Å². The van der Waals surface area contributed by atoms with E-state index in [1.165, 1.54) is 12.8 Å². The predicted molar refractivity (Wildman–Crippen MR) is 62.1 cm³/mol. The van der Waals surface area contributed by atoms with Crippen LogP contribution in [0.1, 0.15) is 32.6 Å². The lowest BCUT2D eigenvalue weighted by Gasteiger charge is -2.31. The molecule has 2 unspecified atom stereocenters. The normalized spacial score (nSPS) is 40.9. The minimum atomic E-state index is -0.683. The molecule has 0 aliphatic carbocycles. The number of rotatable bonds is 3. The highest BCUT2D eigenvalue weighted by Crippen LogP contribution is 2.17. The second kappa shape index (κ2) is 5.94. The van der Waals surface area contributed by atoms with E-state index in [0.29, 0.717) is 24.9 Å². The van der Waals surface area contributed by atoms with E-state index in [2.05, 4.69) is 17.6 Å². The quantitative estimate of drug-likeness (QED) is 0.769. The summed E-state index contributed by atoms with van der Waals surface area (Å²) in [6, 6.07) is 0.649. The van der Waals surface area contributed by atoms with Gasteiger partial charge in [-0.25, -0.2) is 4.39 Å². The first-order valence-corrected chi connectivity index (χ1v) is 6.46. The highest BCUT2D eigenvalue weighted by atomic mass is 19.1. The Hall–Kier alpha value is -0.190. The van der Waals surface area contributed by atoms with Crippen LogP contribution in [0.2, 0.25) is 0 Å². The van der Waals surface area contributed by atoms with Gasteiger partial charge in [0, 0.05) is 19.1 Å². The first-order valence-electron chi connectivity index (χ1n) is 6.46. The Morgan fingerprint density at radius 2 is 2.00 bits per heavy atom. The van der Waals surface area contributed by atoms with Crippen LogP contribution >= 0.6 is 0 Å². The third kappa shape index (κ3) is 3.68. The summed E-state index contributed by atoms with van der Waals surface area (Å²) in [4.78, 5) is 0. The Morgan fingerprint density at radius 3 is 2.62 bits per heavy atom. The average Bonchev–Trinajstić information content (AvgIpc) is 2.30. The summed E-state index contributed by atoms with van der Waals surface area (Å²) in [5, 5.41) is 6.57. The van der Waals surface area contributed by atoms with Gasteiger partial charge in [-0.05, 0) is 38.5 Å². The fourth-order valence-electron chi connectivity index (χ4n) is 2.39. The second-order valence-electron chi connectivity index (χ2n) is 5.16. The molecule has 2 fully saturated rings. The molecule has 0 aromatic heterocycles. The van der Waals surface area contributed by atoms with E-state index in [1.807, 2.05) is 0 Å². The van der Waals surface area contributed by atoms with Crippen LogP contribution in [0, 0.1) is 5.92 Å². The molecule has 0 aromatic rings. The van der Waals surface area contributed by atoms with E-state index >= 15 is 0 Å². The Kier molecular flexibility index (Phi) is 4.55. The van der Waals surface area contributed by atoms with Crippen LogP contribution in [0.5, 0.6) is 0 Å². The van der Waals surface area contributed by atoms with E-state index in [1.54, 1.807) is 0 Å². The van der Waals surface area contributed by atoms with Crippen molar-refractivity contribution in [3.05, 3.63) is 0 Å². The van der Waals surface area contributed by atoms with Crippen LogP contribution in [0.15, 0.2) is 0 Å². The first kappa shape index (κ1) is 12.3. The van der Waals surface area contributed by atoms with Gasteiger partial charge in [0.1, 0.15) is 12.4 Å². The molecule has 94 valence electrons. The molecule has 0 radical (unpaired) electrons. The highest BCUT2D eigenvalue weighted by Gasteiger charge is 2.22. The Bertz CT molecular complexity index is 177. The van der Waals surface area contributed by atoms with Gasteiger partial charge < -0.3 is 10.1 Å². The molecular weight excluding hydrogens is 207 g/mol. The number of nitrogens with one attached hydrogen (secondary N) is 2. The topological polar surface area (TPSA) is 33.3 Å². The lowest BCUT2D eigenvalue weighted by atomic mass is 9.96. The lowest BCUT2D eigenvalue weighted by Crippen LogP contribution is -2.44. The van der Waals surface area contributed by atoms with Crippen molar-refractivity contribution in [3.8, 4) is 0 Å². The largest absolute Gasteiger partial charge is 0.363 e. The third-order valence-corrected chi connectivity index (χ3v) is 3.61. The molecule has 2 heterocycles. The van der Waals surface area contributed by atoms with Crippen molar-refractivity contribution in [2.75, 3.05) is 19.7 Å². The summed E-state index contributed by atoms with van der Waals surface area (Å²) < 4.78 is 18.7. The average molecular weight is 230 g/mol. The minimum absolute atomic E-state index is 0.0753. The minimum Gasteiger partial charge on any atom is -0.363 e. The Labute approximate surface area is 97.1 Å². The molecule has 0 aromatic carbocycles. The Balaban J connectivity index is 1.60. The molecule has 0 spiro atoms. The number of halogens is 1. The SMILES string of the molecule is C[C@@H]1CC[C@@H](COC2CCC(F)CN2)CN1. The maximum atomic E-state index is 12.9. The molecule has 2 saturated heterocycles. The van der Waals surface area contributed by atoms with Gasteiger partial charge in [0.05, 0.1) is 6.61 Å². The fourth-order valence-corrected chi connectivity index (χ4v) is 2.39. The highest BCUT2D eigenvalue weighted by molar-refractivity contribution is 4.76. The van der Waals surface area contributed by atoms with Gasteiger partial charge in [-0.1, -0.05) is 0 Å². The van der Waals surface area contributed by atoms with Crippen molar-refractivity contribution in [2.24, 2.45) is 5.92 Å². The maximum Gasteiger partial charge on any atom is 0.113 e. The number of hydrogen-bond donors (Lipinski definition) is 2. The number of piperidine rings is 2. The summed E-state index contributed by atoms with van der Waals surface area (Å²) in [6.07, 6.45) is 3.31. The van der Waals surface area contributed by atoms with Crippen LogP contribution in [-0.4, -0.2) is 38.1 Å². The molecule has 4 atom stereocenters. The van der Waals surface area contributed by atoms with Crippen molar-refractivity contribution >= 4 is 0 Å². The molecule has 0 saturated carbocycles. The van der Waals surface area contributed by atoms with E-state index in [4.69, 9.17) is 4.74 Å².